The molecule has 0 radical (unpaired) electrons. The molecule has 3 amide bonds. The van der Waals surface area contributed by atoms with E-state index in [0.717, 1.165) is 51.4 Å². The molecule has 3 fully saturated rings. The summed E-state index contributed by atoms with van der Waals surface area (Å²) in [5.41, 5.74) is 5.48. The number of thiol groups is 1. The molecule has 4 N–H and O–H groups in total. The summed E-state index contributed by atoms with van der Waals surface area (Å²) in [6.45, 7) is 5.44. The molecule has 1 heterocycles. The molecule has 0 bridgehead atoms. The van der Waals surface area contributed by atoms with Crippen molar-refractivity contribution in [3.63, 3.8) is 0 Å². The summed E-state index contributed by atoms with van der Waals surface area (Å²) in [5, 5.41) is 6.03. The van der Waals surface area contributed by atoms with Crippen LogP contribution < -0.4 is 16.4 Å². The van der Waals surface area contributed by atoms with E-state index in [4.69, 9.17) is 10.5 Å². The Bertz CT molecular complexity index is 754. The number of hydrogen-bond donors (Lipinski definition) is 4. The topological polar surface area (TPSA) is 114 Å². The standard InChI is InChI=1S/C28H50N4O4S/c1-3-16-36-27(35)31-24(28(2,19-37)17-20-8-5-4-6-9-20)26(34)32-15-7-10-23(32)25(33)30-18-21-11-13-22(29)14-12-21/h20-24,37H,3-19,29H2,1-2H3,(H,30,33)(H,31,35)/t21?,22?,23-,24?,28?/m0/s1. The molecular formula is C28H50N4O4S. The van der Waals surface area contributed by atoms with Crippen LogP contribution in [0, 0.1) is 17.3 Å². The van der Waals surface area contributed by atoms with E-state index >= 15 is 0 Å². The quantitative estimate of drug-likeness (QED) is 0.297. The summed E-state index contributed by atoms with van der Waals surface area (Å²) in [5.74, 6) is 1.13. The molecule has 1 saturated heterocycles. The third kappa shape index (κ3) is 8.50. The zero-order valence-corrected chi connectivity index (χ0v) is 23.9. The van der Waals surface area contributed by atoms with E-state index in [-0.39, 0.29) is 17.9 Å². The zero-order valence-electron chi connectivity index (χ0n) is 23.0. The molecule has 2 aliphatic carbocycles. The molecule has 0 aromatic heterocycles. The van der Waals surface area contributed by atoms with Crippen molar-refractivity contribution in [2.24, 2.45) is 23.0 Å². The van der Waals surface area contributed by atoms with Crippen LogP contribution in [0.5, 0.6) is 0 Å². The number of carbonyl (C=O) groups is 3. The van der Waals surface area contributed by atoms with E-state index in [1.54, 1.807) is 4.90 Å². The molecule has 2 unspecified atom stereocenters. The first-order valence-electron chi connectivity index (χ1n) is 14.6. The zero-order chi connectivity index (χ0) is 26.8. The molecule has 0 aromatic rings. The predicted molar refractivity (Wildman–Crippen MR) is 149 cm³/mol. The minimum Gasteiger partial charge on any atom is -0.450 e. The molecule has 1 aliphatic heterocycles. The van der Waals surface area contributed by atoms with Gasteiger partial charge in [-0.05, 0) is 69.0 Å². The molecule has 8 nitrogen and oxygen atoms in total. The van der Waals surface area contributed by atoms with Crippen LogP contribution in [-0.2, 0) is 14.3 Å². The van der Waals surface area contributed by atoms with Gasteiger partial charge in [0.05, 0.1) is 6.61 Å². The Balaban J connectivity index is 1.71. The number of rotatable bonds is 11. The van der Waals surface area contributed by atoms with Crippen LogP contribution in [0.3, 0.4) is 0 Å². The molecule has 3 rings (SSSR count). The molecule has 9 heteroatoms. The smallest absolute Gasteiger partial charge is 0.407 e. The third-order valence-electron chi connectivity index (χ3n) is 8.78. The molecule has 37 heavy (non-hydrogen) atoms. The second kappa shape index (κ2) is 14.6. The van der Waals surface area contributed by atoms with Gasteiger partial charge >= 0.3 is 6.09 Å². The molecule has 0 aromatic carbocycles. The van der Waals surface area contributed by atoms with Crippen LogP contribution in [0.15, 0.2) is 0 Å². The highest BCUT2D eigenvalue weighted by molar-refractivity contribution is 7.80. The van der Waals surface area contributed by atoms with Gasteiger partial charge in [0.1, 0.15) is 12.1 Å². The van der Waals surface area contributed by atoms with Crippen LogP contribution in [-0.4, -0.2) is 66.4 Å². The molecule has 2 saturated carbocycles. The van der Waals surface area contributed by atoms with Gasteiger partial charge in [-0.1, -0.05) is 46.0 Å². The van der Waals surface area contributed by atoms with Gasteiger partial charge in [-0.25, -0.2) is 4.79 Å². The van der Waals surface area contributed by atoms with Gasteiger partial charge in [-0.3, -0.25) is 9.59 Å². The number of hydrogen-bond acceptors (Lipinski definition) is 6. The lowest BCUT2D eigenvalue weighted by molar-refractivity contribution is -0.142. The van der Waals surface area contributed by atoms with E-state index in [0.29, 0.717) is 50.1 Å². The van der Waals surface area contributed by atoms with Gasteiger partial charge in [0, 0.05) is 24.5 Å². The number of amides is 3. The van der Waals surface area contributed by atoms with Crippen molar-refractivity contribution in [1.29, 1.82) is 0 Å². The molecule has 3 atom stereocenters. The average Bonchev–Trinajstić information content (AvgIpc) is 3.40. The fourth-order valence-corrected chi connectivity index (χ4v) is 6.75. The average molecular weight is 539 g/mol. The van der Waals surface area contributed by atoms with Crippen molar-refractivity contribution < 1.29 is 19.1 Å². The molecule has 3 aliphatic rings. The highest BCUT2D eigenvalue weighted by atomic mass is 32.1. The summed E-state index contributed by atoms with van der Waals surface area (Å²) < 4.78 is 5.32. The van der Waals surface area contributed by atoms with Crippen molar-refractivity contribution in [1.82, 2.24) is 15.5 Å². The van der Waals surface area contributed by atoms with Crippen molar-refractivity contribution in [2.45, 2.75) is 115 Å². The van der Waals surface area contributed by atoms with Gasteiger partial charge in [0.25, 0.3) is 0 Å². The number of nitrogens with zero attached hydrogens (tertiary/aromatic N) is 1. The number of alkyl carbamates (subject to hydrolysis) is 1. The Hall–Kier alpha value is -1.48. The Morgan fingerprint density at radius 2 is 1.73 bits per heavy atom. The van der Waals surface area contributed by atoms with Crippen LogP contribution in [0.4, 0.5) is 4.79 Å². The van der Waals surface area contributed by atoms with Crippen molar-refractivity contribution in [3.8, 4) is 0 Å². The van der Waals surface area contributed by atoms with Crippen molar-refractivity contribution in [3.05, 3.63) is 0 Å². The van der Waals surface area contributed by atoms with Crippen LogP contribution in [0.25, 0.3) is 0 Å². The van der Waals surface area contributed by atoms with Crippen molar-refractivity contribution >= 4 is 30.5 Å². The maximum Gasteiger partial charge on any atom is 0.407 e. The summed E-state index contributed by atoms with van der Waals surface area (Å²) >= 11 is 4.68. The second-order valence-corrected chi connectivity index (χ2v) is 12.3. The van der Waals surface area contributed by atoms with Gasteiger partial charge in [0.2, 0.25) is 11.8 Å². The fraction of sp³-hybridized carbons (Fsp3) is 0.893. The minimum absolute atomic E-state index is 0.0899. The van der Waals surface area contributed by atoms with Gasteiger partial charge < -0.3 is 26.0 Å². The van der Waals surface area contributed by atoms with E-state index < -0.39 is 23.6 Å². The highest BCUT2D eigenvalue weighted by Gasteiger charge is 2.46. The predicted octanol–water partition coefficient (Wildman–Crippen LogP) is 4.02. The van der Waals surface area contributed by atoms with Gasteiger partial charge in [-0.2, -0.15) is 12.6 Å². The summed E-state index contributed by atoms with van der Waals surface area (Å²) in [6, 6.07) is -1.02. The minimum atomic E-state index is -0.787. The maximum atomic E-state index is 14.1. The van der Waals surface area contributed by atoms with E-state index in [1.807, 2.05) is 6.92 Å². The van der Waals surface area contributed by atoms with Crippen LogP contribution >= 0.6 is 12.6 Å². The SMILES string of the molecule is CCCOC(=O)NC(C(=O)N1CCC[C@H]1C(=O)NCC1CCC(N)CC1)C(C)(CS)CC1CCCCC1. The molecule has 0 spiro atoms. The highest BCUT2D eigenvalue weighted by Crippen LogP contribution is 2.39. The summed E-state index contributed by atoms with van der Waals surface area (Å²) in [7, 11) is 0. The first-order chi connectivity index (χ1) is 17.8. The Morgan fingerprint density at radius 3 is 2.38 bits per heavy atom. The number of nitrogens with one attached hydrogen (secondary N) is 2. The first kappa shape index (κ1) is 30.1. The summed E-state index contributed by atoms with van der Waals surface area (Å²) in [4.78, 5) is 41.7. The Morgan fingerprint density at radius 1 is 1.03 bits per heavy atom. The number of ether oxygens (including phenoxy) is 1. The number of nitrogens with two attached hydrogens (primary N) is 1. The normalized spacial score (nSPS) is 27.2. The summed E-state index contributed by atoms with van der Waals surface area (Å²) in [6.07, 6.45) is 12.4. The lowest BCUT2D eigenvalue weighted by atomic mass is 9.72. The molecule has 212 valence electrons. The van der Waals surface area contributed by atoms with Crippen LogP contribution in [0.1, 0.15) is 97.3 Å². The lowest BCUT2D eigenvalue weighted by Gasteiger charge is -2.41. The second-order valence-electron chi connectivity index (χ2n) is 11.9. The van der Waals surface area contributed by atoms with Crippen LogP contribution in [0.2, 0.25) is 0 Å². The first-order valence-corrected chi connectivity index (χ1v) is 15.3. The van der Waals surface area contributed by atoms with Gasteiger partial charge in [-0.15, -0.1) is 0 Å². The Kier molecular flexibility index (Phi) is 11.9. The number of likely N-dealkylation sites (tertiary alicyclic amines) is 1. The monoisotopic (exact) mass is 538 g/mol. The van der Waals surface area contributed by atoms with E-state index in [1.165, 1.54) is 19.3 Å². The lowest BCUT2D eigenvalue weighted by Crippen LogP contribution is -2.60. The molecular weight excluding hydrogens is 488 g/mol. The third-order valence-corrected chi connectivity index (χ3v) is 9.50. The largest absolute Gasteiger partial charge is 0.450 e. The Labute approximate surface area is 229 Å². The fourth-order valence-electron chi connectivity index (χ4n) is 6.44. The van der Waals surface area contributed by atoms with E-state index in [9.17, 15) is 14.4 Å². The number of carbonyl (C=O) groups excluding carboxylic acids is 3. The maximum absolute atomic E-state index is 14.1. The van der Waals surface area contributed by atoms with E-state index in [2.05, 4.69) is 30.2 Å². The van der Waals surface area contributed by atoms with Gasteiger partial charge in [0.15, 0.2) is 0 Å². The van der Waals surface area contributed by atoms with Crippen molar-refractivity contribution in [2.75, 3.05) is 25.4 Å².